The van der Waals surface area contributed by atoms with Crippen molar-refractivity contribution in [2.75, 3.05) is 24.5 Å². The van der Waals surface area contributed by atoms with Crippen molar-refractivity contribution < 1.29 is 12.8 Å². The molecule has 1 aliphatic heterocycles. The highest BCUT2D eigenvalue weighted by Gasteiger charge is 2.17. The Balaban J connectivity index is 1.48. The van der Waals surface area contributed by atoms with Crippen LogP contribution in [0.1, 0.15) is 31.2 Å². The minimum absolute atomic E-state index is 0.282. The molecule has 1 aliphatic rings. The number of aryl methyl sites for hydroxylation is 1. The van der Waals surface area contributed by atoms with Crippen molar-refractivity contribution in [2.45, 2.75) is 37.0 Å². The predicted octanol–water partition coefficient (Wildman–Crippen LogP) is 3.73. The number of piperidine rings is 1. The lowest BCUT2D eigenvalue weighted by molar-refractivity contribution is 0.555. The Labute approximate surface area is 155 Å². The maximum Gasteiger partial charge on any atom is 0.243 e. The van der Waals surface area contributed by atoms with Crippen LogP contribution in [-0.2, 0) is 16.4 Å². The van der Waals surface area contributed by atoms with Gasteiger partial charge >= 0.3 is 0 Å². The standard InChI is InChI=1S/C20H25FN2O2S/c21-19-8-2-3-9-20(19)26(24,25)22-14-6-7-17-10-12-18(13-11-17)23-15-4-1-5-16-23/h2-3,8-13,22H,1,4-7,14-16H2. The normalized spacial score (nSPS) is 15.2. The Bertz CT molecular complexity index is 816. The molecule has 0 spiro atoms. The molecule has 6 heteroatoms. The van der Waals surface area contributed by atoms with Crippen LogP contribution in [0.5, 0.6) is 0 Å². The fourth-order valence-corrected chi connectivity index (χ4v) is 4.42. The van der Waals surface area contributed by atoms with Gasteiger partial charge in [-0.3, -0.25) is 0 Å². The molecule has 0 unspecified atom stereocenters. The maximum atomic E-state index is 13.6. The first-order valence-corrected chi connectivity index (χ1v) is 10.6. The highest BCUT2D eigenvalue weighted by Crippen LogP contribution is 2.20. The van der Waals surface area contributed by atoms with Gasteiger partial charge in [0, 0.05) is 25.3 Å². The number of nitrogens with one attached hydrogen (secondary N) is 1. The topological polar surface area (TPSA) is 49.4 Å². The Morgan fingerprint density at radius 2 is 1.65 bits per heavy atom. The quantitative estimate of drug-likeness (QED) is 0.749. The van der Waals surface area contributed by atoms with E-state index in [1.807, 2.05) is 0 Å². The van der Waals surface area contributed by atoms with Crippen LogP contribution >= 0.6 is 0 Å². The van der Waals surface area contributed by atoms with E-state index in [9.17, 15) is 12.8 Å². The average molecular weight is 376 g/mol. The molecule has 0 aliphatic carbocycles. The van der Waals surface area contributed by atoms with Crippen LogP contribution in [0.2, 0.25) is 0 Å². The number of halogens is 1. The average Bonchev–Trinajstić information content (AvgIpc) is 2.67. The summed E-state index contributed by atoms with van der Waals surface area (Å²) >= 11 is 0. The van der Waals surface area contributed by atoms with Crippen LogP contribution in [0.15, 0.2) is 53.4 Å². The van der Waals surface area contributed by atoms with Crippen LogP contribution in [0.25, 0.3) is 0 Å². The molecule has 3 rings (SSSR count). The molecule has 4 nitrogen and oxygen atoms in total. The van der Waals surface area contributed by atoms with E-state index < -0.39 is 15.8 Å². The summed E-state index contributed by atoms with van der Waals surface area (Å²) in [6.45, 7) is 2.53. The molecule has 0 saturated carbocycles. The van der Waals surface area contributed by atoms with Crippen LogP contribution in [0, 0.1) is 5.82 Å². The Kier molecular flexibility index (Phi) is 6.27. The Morgan fingerprint density at radius 3 is 2.35 bits per heavy atom. The van der Waals surface area contributed by atoms with Crippen molar-refractivity contribution in [3.8, 4) is 0 Å². The number of anilines is 1. The molecule has 0 bridgehead atoms. The number of sulfonamides is 1. The van der Waals surface area contributed by atoms with E-state index >= 15 is 0 Å². The summed E-state index contributed by atoms with van der Waals surface area (Å²) in [4.78, 5) is 2.11. The molecular weight excluding hydrogens is 351 g/mol. The zero-order valence-electron chi connectivity index (χ0n) is 14.8. The second-order valence-corrected chi connectivity index (χ2v) is 8.38. The lowest BCUT2D eigenvalue weighted by atomic mass is 10.1. The summed E-state index contributed by atoms with van der Waals surface area (Å²) in [5, 5.41) is 0. The zero-order chi connectivity index (χ0) is 18.4. The van der Waals surface area contributed by atoms with Gasteiger partial charge in [0.15, 0.2) is 0 Å². The summed E-state index contributed by atoms with van der Waals surface area (Å²) in [7, 11) is -3.80. The Morgan fingerprint density at radius 1 is 0.962 bits per heavy atom. The third-order valence-corrected chi connectivity index (χ3v) is 6.21. The molecule has 1 fully saturated rings. The van der Waals surface area contributed by atoms with Gasteiger partial charge in [-0.05, 0) is 61.9 Å². The molecule has 1 N–H and O–H groups in total. The molecule has 0 aromatic heterocycles. The number of nitrogens with zero attached hydrogens (tertiary/aromatic N) is 1. The lowest BCUT2D eigenvalue weighted by Gasteiger charge is -2.28. The minimum Gasteiger partial charge on any atom is -0.372 e. The van der Waals surface area contributed by atoms with Gasteiger partial charge in [-0.2, -0.15) is 0 Å². The van der Waals surface area contributed by atoms with E-state index in [0.717, 1.165) is 25.6 Å². The summed E-state index contributed by atoms with van der Waals surface area (Å²) < 4.78 is 40.4. The maximum absolute atomic E-state index is 13.6. The fraction of sp³-hybridized carbons (Fsp3) is 0.400. The highest BCUT2D eigenvalue weighted by atomic mass is 32.2. The monoisotopic (exact) mass is 376 g/mol. The molecule has 1 saturated heterocycles. The van der Waals surface area contributed by atoms with Gasteiger partial charge in [0.25, 0.3) is 0 Å². The van der Waals surface area contributed by atoms with Crippen molar-refractivity contribution in [2.24, 2.45) is 0 Å². The van der Waals surface area contributed by atoms with Crippen LogP contribution < -0.4 is 9.62 Å². The van der Waals surface area contributed by atoms with E-state index in [-0.39, 0.29) is 11.4 Å². The van der Waals surface area contributed by atoms with E-state index in [1.165, 1.54) is 48.7 Å². The first-order chi connectivity index (χ1) is 12.6. The van der Waals surface area contributed by atoms with Gasteiger partial charge in [-0.25, -0.2) is 17.5 Å². The number of benzene rings is 2. The van der Waals surface area contributed by atoms with Crippen molar-refractivity contribution in [1.82, 2.24) is 4.72 Å². The van der Waals surface area contributed by atoms with E-state index in [2.05, 4.69) is 33.9 Å². The van der Waals surface area contributed by atoms with Gasteiger partial charge in [0.1, 0.15) is 10.7 Å². The fourth-order valence-electron chi connectivity index (χ4n) is 3.27. The second-order valence-electron chi connectivity index (χ2n) is 6.65. The largest absolute Gasteiger partial charge is 0.372 e. The predicted molar refractivity (Wildman–Crippen MR) is 102 cm³/mol. The van der Waals surface area contributed by atoms with E-state index in [4.69, 9.17) is 0 Å². The minimum atomic E-state index is -3.80. The van der Waals surface area contributed by atoms with Crippen molar-refractivity contribution >= 4 is 15.7 Å². The second kappa shape index (κ2) is 8.64. The van der Waals surface area contributed by atoms with Gasteiger partial charge in [0.2, 0.25) is 10.0 Å². The molecule has 2 aromatic carbocycles. The summed E-state index contributed by atoms with van der Waals surface area (Å²) in [6.07, 6.45) is 5.27. The molecule has 26 heavy (non-hydrogen) atoms. The number of hydrogen-bond donors (Lipinski definition) is 1. The van der Waals surface area contributed by atoms with Gasteiger partial charge in [-0.15, -0.1) is 0 Å². The van der Waals surface area contributed by atoms with E-state index in [0.29, 0.717) is 6.42 Å². The summed E-state index contributed by atoms with van der Waals surface area (Å²) in [6, 6.07) is 13.9. The van der Waals surface area contributed by atoms with Crippen molar-refractivity contribution in [1.29, 1.82) is 0 Å². The molecule has 2 aromatic rings. The van der Waals surface area contributed by atoms with Gasteiger partial charge in [0.05, 0.1) is 0 Å². The molecule has 140 valence electrons. The van der Waals surface area contributed by atoms with Crippen LogP contribution in [-0.4, -0.2) is 28.1 Å². The van der Waals surface area contributed by atoms with Gasteiger partial charge < -0.3 is 4.90 Å². The van der Waals surface area contributed by atoms with Crippen molar-refractivity contribution in [3.63, 3.8) is 0 Å². The number of rotatable bonds is 7. The summed E-state index contributed by atoms with van der Waals surface area (Å²) in [5.41, 5.74) is 2.43. The zero-order valence-corrected chi connectivity index (χ0v) is 15.6. The summed E-state index contributed by atoms with van der Waals surface area (Å²) in [5.74, 6) is -0.728. The van der Waals surface area contributed by atoms with E-state index in [1.54, 1.807) is 0 Å². The molecule has 0 atom stereocenters. The number of hydrogen-bond acceptors (Lipinski definition) is 3. The van der Waals surface area contributed by atoms with Crippen LogP contribution in [0.3, 0.4) is 0 Å². The Hall–Kier alpha value is -1.92. The third kappa shape index (κ3) is 4.83. The molecule has 0 amide bonds. The SMILES string of the molecule is O=S(=O)(NCCCc1ccc(N2CCCCC2)cc1)c1ccccc1F. The highest BCUT2D eigenvalue weighted by molar-refractivity contribution is 7.89. The van der Waals surface area contributed by atoms with Gasteiger partial charge in [-0.1, -0.05) is 24.3 Å². The molecule has 0 radical (unpaired) electrons. The van der Waals surface area contributed by atoms with Crippen molar-refractivity contribution in [3.05, 3.63) is 59.9 Å². The van der Waals surface area contributed by atoms with Crippen LogP contribution in [0.4, 0.5) is 10.1 Å². The molecule has 1 heterocycles. The first-order valence-electron chi connectivity index (χ1n) is 9.14. The first kappa shape index (κ1) is 18.9. The third-order valence-electron chi connectivity index (χ3n) is 4.72. The smallest absolute Gasteiger partial charge is 0.243 e. The molecular formula is C20H25FN2O2S. The lowest BCUT2D eigenvalue weighted by Crippen LogP contribution is -2.29.